The Morgan fingerprint density at radius 2 is 0.970 bits per heavy atom. The van der Waals surface area contributed by atoms with E-state index >= 15 is 0 Å². The van der Waals surface area contributed by atoms with E-state index < -0.39 is 29.1 Å². The third-order valence-electron chi connectivity index (χ3n) is 8.48. The van der Waals surface area contributed by atoms with Crippen molar-refractivity contribution in [3.63, 3.8) is 0 Å². The van der Waals surface area contributed by atoms with Gasteiger partial charge in [0.25, 0.3) is 5.56 Å². The van der Waals surface area contributed by atoms with E-state index in [2.05, 4.69) is 89.2 Å². The maximum Gasteiger partial charge on any atom is 2.00 e. The minimum Gasteiger partial charge on any atom is -0.321 e. The summed E-state index contributed by atoms with van der Waals surface area (Å²) >= 11 is 0. The molecule has 1 aliphatic carbocycles. The number of amides is 1. The van der Waals surface area contributed by atoms with Crippen molar-refractivity contribution in [3.05, 3.63) is 212 Å². The molecular formula is C50H47F6N4O2P3Ru+. The van der Waals surface area contributed by atoms with Crippen LogP contribution in [0, 0.1) is 48.9 Å². The van der Waals surface area contributed by atoms with E-state index in [-0.39, 0.29) is 30.9 Å². The van der Waals surface area contributed by atoms with Crippen LogP contribution in [0.25, 0.3) is 10.8 Å². The number of halogens is 6. The van der Waals surface area contributed by atoms with Gasteiger partial charge in [-0.05, 0) is 83.0 Å². The predicted molar refractivity (Wildman–Crippen MR) is 261 cm³/mol. The van der Waals surface area contributed by atoms with E-state index in [1.165, 1.54) is 28.1 Å². The van der Waals surface area contributed by atoms with Gasteiger partial charge in [0.1, 0.15) is 5.82 Å². The number of carbonyl (C=O) groups excluding carboxylic acids is 1. The van der Waals surface area contributed by atoms with Gasteiger partial charge in [0.2, 0.25) is 5.91 Å². The van der Waals surface area contributed by atoms with E-state index in [4.69, 9.17) is 10.2 Å². The minimum atomic E-state index is -10.7. The van der Waals surface area contributed by atoms with Crippen LogP contribution in [0.15, 0.2) is 175 Å². The molecule has 0 saturated heterocycles. The third kappa shape index (κ3) is 20.2. The molecule has 66 heavy (non-hydrogen) atoms. The average Bonchev–Trinajstić information content (AvgIpc) is 3.86. The smallest absolute Gasteiger partial charge is 0.321 e. The first-order chi connectivity index (χ1) is 30.6. The molecule has 1 saturated carbocycles. The number of pyridine rings is 2. The van der Waals surface area contributed by atoms with E-state index in [9.17, 15) is 34.8 Å². The van der Waals surface area contributed by atoms with Gasteiger partial charge in [-0.25, -0.2) is 4.98 Å². The Bertz CT molecular complexity index is 2570. The number of hydrogen-bond donors (Lipinski definition) is 2. The summed E-state index contributed by atoms with van der Waals surface area (Å²) in [5.74, 6) is 0.563. The molecule has 7 aromatic rings. The fourth-order valence-electron chi connectivity index (χ4n) is 5.71. The molecule has 6 nitrogen and oxygen atoms in total. The number of fused-ring (bicyclic) bond motifs is 1. The number of anilines is 1. The summed E-state index contributed by atoms with van der Waals surface area (Å²) < 4.78 is 59.2. The largest absolute Gasteiger partial charge is 2.00 e. The van der Waals surface area contributed by atoms with E-state index in [0.29, 0.717) is 5.82 Å². The van der Waals surface area contributed by atoms with Crippen LogP contribution in [0.2, 0.25) is 0 Å². The molecule has 5 radical (unpaired) electrons. The quantitative estimate of drug-likeness (QED) is 0.0944. The molecule has 1 amide bonds. The predicted octanol–water partition coefficient (Wildman–Crippen LogP) is 12.0. The summed E-state index contributed by atoms with van der Waals surface area (Å²) in [6.45, 7) is 7.12. The number of nitriles is 1. The Kier molecular flexibility index (Phi) is 20.6. The van der Waals surface area contributed by atoms with Crippen LogP contribution in [0.4, 0.5) is 31.0 Å². The molecule has 2 N–H and O–H groups in total. The van der Waals surface area contributed by atoms with Gasteiger partial charge in [0, 0.05) is 33.6 Å². The standard InChI is InChI=1S/C22H23N2OP.C21H16NOP.C5H5.C2H3N.F6P.Ru/c1-22(2,3)21(25)24-19-15-10-16-20(23-19)26(17-11-6-4-7-12-17)18-13-8-5-9-14-18;23-21-19-14-8-7-9-16(19)15-20(22-21)24(17-10-3-1-4-11-17)18-12-5-2-6-13-18;1-2-4-5-3-1;1-2-3;1-7(2,3,4,5)6;/h4-16H,1-3H3,(H,23,24,25);1-15H,(H,22,23);1-5H;1H3;;/q;;;;-1;+2. The molecule has 5 aromatic carbocycles. The molecule has 343 valence electrons. The molecule has 2 aromatic heterocycles. The van der Waals surface area contributed by atoms with E-state index in [1.54, 1.807) is 6.07 Å². The molecule has 1 aliphatic rings. The molecule has 16 heteroatoms. The summed E-state index contributed by atoms with van der Waals surface area (Å²) in [5, 5.41) is 16.9. The SMILES string of the molecule is CC#N.CC(C)(C)C(=O)Nc1cccc(P(c2ccccc2)c2ccccc2)n1.F[P-](F)(F)(F)(F)F.O=c1[nH]c(P(c2ccccc2)c2ccccc2)cc2ccccc12.[CH]1[CH][CH][CH][CH]1.[Ru+2]. The van der Waals surface area contributed by atoms with Crippen molar-refractivity contribution in [2.45, 2.75) is 27.7 Å². The Morgan fingerprint density at radius 3 is 1.36 bits per heavy atom. The second-order valence-electron chi connectivity index (χ2n) is 14.8. The van der Waals surface area contributed by atoms with Gasteiger partial charge in [-0.1, -0.05) is 166 Å². The molecule has 0 bridgehead atoms. The number of rotatable bonds is 7. The van der Waals surface area contributed by atoms with Crippen molar-refractivity contribution < 1.29 is 49.5 Å². The number of carbonyl (C=O) groups is 1. The van der Waals surface area contributed by atoms with Crippen LogP contribution < -0.4 is 43.0 Å². The summed E-state index contributed by atoms with van der Waals surface area (Å²) in [6, 6.07) is 59.0. The number of H-pyrrole nitrogens is 1. The summed E-state index contributed by atoms with van der Waals surface area (Å²) in [5.41, 5.74) is 1.47. The maximum atomic E-state index is 12.5. The monoisotopic (exact) mass is 1040 g/mol. The molecule has 2 heterocycles. The number of nitrogens with one attached hydrogen (secondary N) is 2. The normalized spacial score (nSPS) is 12.9. The van der Waals surface area contributed by atoms with Gasteiger partial charge < -0.3 is 10.3 Å². The average molecular weight is 1040 g/mol. The van der Waals surface area contributed by atoms with Gasteiger partial charge >= 0.3 is 52.5 Å². The number of aromatic amines is 1. The first-order valence-corrected chi connectivity index (χ1v) is 24.6. The van der Waals surface area contributed by atoms with Gasteiger partial charge in [-0.3, -0.25) is 9.59 Å². The summed E-state index contributed by atoms with van der Waals surface area (Å²) in [4.78, 5) is 32.7. The minimum absolute atomic E-state index is 0. The summed E-state index contributed by atoms with van der Waals surface area (Å²) in [7, 11) is -12.2. The van der Waals surface area contributed by atoms with Gasteiger partial charge in [0.15, 0.2) is 0 Å². The van der Waals surface area contributed by atoms with Gasteiger partial charge in [0.05, 0.1) is 16.9 Å². The zero-order valence-electron chi connectivity index (χ0n) is 36.2. The van der Waals surface area contributed by atoms with Crippen LogP contribution in [0.1, 0.15) is 27.7 Å². The number of nitrogens with zero attached hydrogens (tertiary/aromatic N) is 2. The molecule has 0 aliphatic heterocycles. The Morgan fingerprint density at radius 1 is 0.606 bits per heavy atom. The van der Waals surface area contributed by atoms with Crippen LogP contribution >= 0.6 is 23.7 Å². The second kappa shape index (κ2) is 24.6. The second-order valence-corrected chi connectivity index (χ2v) is 21.1. The van der Waals surface area contributed by atoms with Crippen molar-refractivity contribution in [1.82, 2.24) is 9.97 Å². The molecule has 0 spiro atoms. The maximum absolute atomic E-state index is 12.5. The Balaban J connectivity index is 0.000000265. The van der Waals surface area contributed by atoms with E-state index in [1.807, 2.05) is 144 Å². The molecule has 1 fully saturated rings. The van der Waals surface area contributed by atoms with E-state index in [0.717, 1.165) is 21.6 Å². The number of benzene rings is 5. The fourth-order valence-corrected chi connectivity index (χ4v) is 10.2. The van der Waals surface area contributed by atoms with Crippen molar-refractivity contribution in [3.8, 4) is 6.07 Å². The third-order valence-corrected chi connectivity index (χ3v) is 13.2. The van der Waals surface area contributed by atoms with Gasteiger partial charge in [-0.15, -0.1) is 0 Å². The Hall–Kier alpha value is -5.09. The van der Waals surface area contributed by atoms with Crippen molar-refractivity contribution in [2.75, 3.05) is 5.32 Å². The topological polar surface area (TPSA) is 98.6 Å². The zero-order chi connectivity index (χ0) is 47.6. The number of aromatic nitrogens is 2. The first kappa shape index (κ1) is 55.2. The fraction of sp³-hybridized carbons (Fsp3) is 0.100. The molecular weight excluding hydrogens is 997 g/mol. The Labute approximate surface area is 397 Å². The van der Waals surface area contributed by atoms with Crippen molar-refractivity contribution in [1.29, 1.82) is 5.26 Å². The number of hydrogen-bond acceptors (Lipinski definition) is 4. The van der Waals surface area contributed by atoms with Crippen LogP contribution in [-0.2, 0) is 24.3 Å². The molecule has 0 atom stereocenters. The summed E-state index contributed by atoms with van der Waals surface area (Å²) in [6.07, 6.45) is 10.0. The van der Waals surface area contributed by atoms with Crippen LogP contribution in [0.3, 0.4) is 0 Å². The van der Waals surface area contributed by atoms with Crippen LogP contribution in [0.5, 0.6) is 0 Å². The zero-order valence-corrected chi connectivity index (χ0v) is 40.6. The van der Waals surface area contributed by atoms with Crippen LogP contribution in [-0.4, -0.2) is 15.9 Å². The molecule has 8 rings (SSSR count). The van der Waals surface area contributed by atoms with Gasteiger partial charge in [-0.2, -0.15) is 5.26 Å². The molecule has 0 unspecified atom stereocenters. The van der Waals surface area contributed by atoms with Crippen molar-refractivity contribution >= 4 is 78.2 Å². The van der Waals surface area contributed by atoms with Crippen molar-refractivity contribution in [2.24, 2.45) is 5.41 Å². The first-order valence-electron chi connectivity index (χ1n) is 19.9.